The van der Waals surface area contributed by atoms with E-state index < -0.39 is 0 Å². The van der Waals surface area contributed by atoms with Crippen molar-refractivity contribution < 1.29 is 9.15 Å². The maximum atomic E-state index is 5.81. The Morgan fingerprint density at radius 1 is 1.05 bits per heavy atom. The third-order valence-electron chi connectivity index (χ3n) is 3.25. The lowest BCUT2D eigenvalue weighted by molar-refractivity contribution is 0.308. The van der Waals surface area contributed by atoms with E-state index in [-0.39, 0.29) is 0 Å². The molecule has 0 amide bonds. The number of hydrogen-bond donors (Lipinski definition) is 1. The molecule has 0 saturated carbocycles. The van der Waals surface area contributed by atoms with Gasteiger partial charge in [0, 0.05) is 11.6 Å². The minimum Gasteiger partial charge on any atom is -0.493 e. The van der Waals surface area contributed by atoms with E-state index in [1.165, 1.54) is 0 Å². The van der Waals surface area contributed by atoms with Crippen LogP contribution in [0.3, 0.4) is 0 Å². The predicted octanol–water partition coefficient (Wildman–Crippen LogP) is 3.61. The summed E-state index contributed by atoms with van der Waals surface area (Å²) in [5, 5.41) is 0. The summed E-state index contributed by atoms with van der Waals surface area (Å²) in [6.07, 6.45) is 1.93. The van der Waals surface area contributed by atoms with Gasteiger partial charge in [-0.15, -0.1) is 0 Å². The number of hydrogen-bond acceptors (Lipinski definition) is 4. The number of aromatic nitrogens is 1. The average Bonchev–Trinajstić information content (AvgIpc) is 2.96. The minimum atomic E-state index is 0.630. The van der Waals surface area contributed by atoms with Crippen molar-refractivity contribution in [1.29, 1.82) is 0 Å². The molecule has 0 aliphatic heterocycles. The lowest BCUT2D eigenvalue weighted by Gasteiger charge is -2.04. The molecule has 1 aromatic heterocycles. The van der Waals surface area contributed by atoms with Gasteiger partial charge in [-0.25, -0.2) is 4.98 Å². The van der Waals surface area contributed by atoms with Gasteiger partial charge in [0.05, 0.1) is 6.61 Å². The summed E-state index contributed by atoms with van der Waals surface area (Å²) in [5.41, 5.74) is 8.01. The second-order valence-corrected chi connectivity index (χ2v) is 4.86. The summed E-state index contributed by atoms with van der Waals surface area (Å²) in [5.74, 6) is 1.43. The Bertz CT molecular complexity index is 707. The topological polar surface area (TPSA) is 61.3 Å². The summed E-state index contributed by atoms with van der Waals surface area (Å²) in [6, 6.07) is 15.6. The molecule has 0 unspecified atom stereocenters. The van der Waals surface area contributed by atoms with Crippen LogP contribution in [0.15, 0.2) is 52.9 Å². The number of benzene rings is 2. The molecule has 108 valence electrons. The molecule has 0 fully saturated rings. The Hall–Kier alpha value is -2.33. The summed E-state index contributed by atoms with van der Waals surface area (Å²) in [7, 11) is 0. The number of unbranched alkanes of at least 4 members (excludes halogenated alkanes) is 1. The highest BCUT2D eigenvalue weighted by Crippen LogP contribution is 2.26. The van der Waals surface area contributed by atoms with E-state index in [4.69, 9.17) is 14.9 Å². The van der Waals surface area contributed by atoms with Crippen LogP contribution in [-0.4, -0.2) is 18.1 Å². The molecule has 4 heteroatoms. The Kier molecular flexibility index (Phi) is 4.17. The lowest BCUT2D eigenvalue weighted by Crippen LogP contribution is -2.03. The molecule has 21 heavy (non-hydrogen) atoms. The van der Waals surface area contributed by atoms with Crippen LogP contribution in [0, 0.1) is 0 Å². The third-order valence-corrected chi connectivity index (χ3v) is 3.25. The third kappa shape index (κ3) is 3.23. The van der Waals surface area contributed by atoms with Crippen LogP contribution in [0.1, 0.15) is 12.8 Å². The van der Waals surface area contributed by atoms with Gasteiger partial charge < -0.3 is 14.9 Å². The highest BCUT2D eigenvalue weighted by atomic mass is 16.5. The molecule has 0 saturated heterocycles. The second-order valence-electron chi connectivity index (χ2n) is 4.86. The molecule has 0 radical (unpaired) electrons. The Balaban J connectivity index is 1.79. The van der Waals surface area contributed by atoms with Gasteiger partial charge in [0.15, 0.2) is 5.58 Å². The zero-order chi connectivity index (χ0) is 14.5. The molecule has 0 atom stereocenters. The molecule has 3 aromatic rings. The van der Waals surface area contributed by atoms with Crippen LogP contribution in [-0.2, 0) is 0 Å². The van der Waals surface area contributed by atoms with Crippen LogP contribution in [0.25, 0.3) is 22.6 Å². The molecule has 0 aliphatic carbocycles. The van der Waals surface area contributed by atoms with Crippen LogP contribution in [0.5, 0.6) is 5.75 Å². The van der Waals surface area contributed by atoms with E-state index in [9.17, 15) is 0 Å². The second kappa shape index (κ2) is 6.41. The molecule has 0 aliphatic rings. The summed E-state index contributed by atoms with van der Waals surface area (Å²) < 4.78 is 11.5. The van der Waals surface area contributed by atoms with Gasteiger partial charge in [0.25, 0.3) is 0 Å². The lowest BCUT2D eigenvalue weighted by atomic mass is 10.2. The molecule has 0 bridgehead atoms. The molecule has 4 nitrogen and oxygen atoms in total. The number of nitrogens with two attached hydrogens (primary N) is 1. The summed E-state index contributed by atoms with van der Waals surface area (Å²) in [4.78, 5) is 4.50. The van der Waals surface area contributed by atoms with Gasteiger partial charge in [0.2, 0.25) is 5.89 Å². The fourth-order valence-electron chi connectivity index (χ4n) is 2.14. The van der Waals surface area contributed by atoms with Gasteiger partial charge in [0.1, 0.15) is 11.3 Å². The first kappa shape index (κ1) is 13.6. The molecule has 2 N–H and O–H groups in total. The van der Waals surface area contributed by atoms with E-state index in [0.717, 1.165) is 35.3 Å². The number of ether oxygens (including phenoxy) is 1. The monoisotopic (exact) mass is 282 g/mol. The largest absolute Gasteiger partial charge is 0.493 e. The van der Waals surface area contributed by atoms with Crippen LogP contribution >= 0.6 is 0 Å². The van der Waals surface area contributed by atoms with Gasteiger partial charge in [-0.1, -0.05) is 18.2 Å². The normalized spacial score (nSPS) is 10.9. The van der Waals surface area contributed by atoms with Crippen LogP contribution in [0.2, 0.25) is 0 Å². The molecular weight excluding hydrogens is 264 g/mol. The van der Waals surface area contributed by atoms with Crippen molar-refractivity contribution >= 4 is 11.1 Å². The van der Waals surface area contributed by atoms with Crippen molar-refractivity contribution in [2.24, 2.45) is 5.73 Å². The van der Waals surface area contributed by atoms with Crippen molar-refractivity contribution in [2.75, 3.05) is 13.2 Å². The highest BCUT2D eigenvalue weighted by molar-refractivity contribution is 5.77. The number of nitrogens with zero attached hydrogens (tertiary/aromatic N) is 1. The van der Waals surface area contributed by atoms with Gasteiger partial charge in [-0.2, -0.15) is 0 Å². The Labute approximate surface area is 123 Å². The van der Waals surface area contributed by atoms with E-state index in [1.54, 1.807) is 0 Å². The molecular formula is C17H18N2O2. The van der Waals surface area contributed by atoms with Crippen molar-refractivity contribution in [1.82, 2.24) is 4.98 Å². The summed E-state index contributed by atoms with van der Waals surface area (Å²) >= 11 is 0. The molecule has 0 spiro atoms. The maximum Gasteiger partial charge on any atom is 0.227 e. The quantitative estimate of drug-likeness (QED) is 0.701. The maximum absolute atomic E-state index is 5.81. The molecule has 1 heterocycles. The van der Waals surface area contributed by atoms with Crippen molar-refractivity contribution in [2.45, 2.75) is 12.8 Å². The first-order valence-corrected chi connectivity index (χ1v) is 7.16. The smallest absolute Gasteiger partial charge is 0.227 e. The van der Waals surface area contributed by atoms with Gasteiger partial charge in [-0.3, -0.25) is 0 Å². The molecule has 2 aromatic carbocycles. The first-order valence-electron chi connectivity index (χ1n) is 7.16. The summed E-state index contributed by atoms with van der Waals surface area (Å²) in [6.45, 7) is 1.37. The van der Waals surface area contributed by atoms with E-state index >= 15 is 0 Å². The number of rotatable bonds is 6. The molecule has 3 rings (SSSR count). The fourth-order valence-corrected chi connectivity index (χ4v) is 2.14. The van der Waals surface area contributed by atoms with Crippen molar-refractivity contribution in [3.05, 3.63) is 48.5 Å². The van der Waals surface area contributed by atoms with Crippen molar-refractivity contribution in [3.63, 3.8) is 0 Å². The van der Waals surface area contributed by atoms with E-state index in [0.29, 0.717) is 19.0 Å². The highest BCUT2D eigenvalue weighted by Gasteiger charge is 2.08. The number of oxazole rings is 1. The zero-order valence-corrected chi connectivity index (χ0v) is 11.8. The standard InChI is InChI=1S/C17H18N2O2/c18-10-4-5-11-20-14-8-9-15-16(12-14)21-17(19-15)13-6-2-1-3-7-13/h1-3,6-9,12H,4-5,10-11,18H2. The van der Waals surface area contributed by atoms with E-state index in [2.05, 4.69) is 4.98 Å². The SMILES string of the molecule is NCCCCOc1ccc2nc(-c3ccccc3)oc2c1. The Morgan fingerprint density at radius 3 is 2.71 bits per heavy atom. The number of fused-ring (bicyclic) bond motifs is 1. The average molecular weight is 282 g/mol. The van der Waals surface area contributed by atoms with E-state index in [1.807, 2.05) is 48.5 Å². The minimum absolute atomic E-state index is 0.630. The van der Waals surface area contributed by atoms with Crippen molar-refractivity contribution in [3.8, 4) is 17.2 Å². The van der Waals surface area contributed by atoms with Crippen LogP contribution < -0.4 is 10.5 Å². The predicted molar refractivity (Wildman–Crippen MR) is 83.2 cm³/mol. The first-order chi connectivity index (χ1) is 10.4. The van der Waals surface area contributed by atoms with Gasteiger partial charge >= 0.3 is 0 Å². The zero-order valence-electron chi connectivity index (χ0n) is 11.8. The van der Waals surface area contributed by atoms with Gasteiger partial charge in [-0.05, 0) is 43.7 Å². The Morgan fingerprint density at radius 2 is 1.90 bits per heavy atom. The van der Waals surface area contributed by atoms with Crippen LogP contribution in [0.4, 0.5) is 0 Å². The fraction of sp³-hybridized carbons (Fsp3) is 0.235.